The van der Waals surface area contributed by atoms with E-state index in [0.717, 1.165) is 61.6 Å². The van der Waals surface area contributed by atoms with Gasteiger partial charge in [-0.2, -0.15) is 5.26 Å². The number of carbonyl (C=O) groups is 3. The van der Waals surface area contributed by atoms with E-state index in [2.05, 4.69) is 60.2 Å². The third kappa shape index (κ3) is 14.4. The van der Waals surface area contributed by atoms with Gasteiger partial charge in [-0.25, -0.2) is 35.0 Å². The largest absolute Gasteiger partial charge is 0.435 e. The molecule has 1 fully saturated rings. The van der Waals surface area contributed by atoms with Crippen LogP contribution in [0.25, 0.3) is 22.7 Å². The van der Waals surface area contributed by atoms with E-state index < -0.39 is 70.0 Å². The number of hydrogen-bond donors (Lipinski definition) is 4. The maximum Gasteiger partial charge on any atom is 0.415 e. The number of nitrogens with one attached hydrogen (secondary N) is 4. The number of nitrogens with zero attached hydrogens (tertiary/aromatic N) is 3. The Hall–Kier alpha value is -6.47. The molecule has 18 nitrogen and oxygen atoms in total. The highest BCUT2D eigenvalue weighted by atomic mass is 35.5. The molecule has 6 rings (SSSR count). The molecule has 2 amide bonds. The first-order chi connectivity index (χ1) is 34.1. The third-order valence-corrected chi connectivity index (χ3v) is 15.0. The molecule has 0 bridgehead atoms. The monoisotopic (exact) mass is 1090 g/mol. The van der Waals surface area contributed by atoms with E-state index in [0.29, 0.717) is 40.8 Å². The summed E-state index contributed by atoms with van der Waals surface area (Å²) in [5.74, 6) is -1.70. The molecule has 0 saturated heterocycles. The first-order valence-corrected chi connectivity index (χ1v) is 29.2. The number of ketones is 1. The Morgan fingerprint density at radius 3 is 2.05 bits per heavy atom. The molecule has 0 spiro atoms. The van der Waals surface area contributed by atoms with Gasteiger partial charge in [-0.3, -0.25) is 28.7 Å². The lowest BCUT2D eigenvalue weighted by molar-refractivity contribution is -0.142. The van der Waals surface area contributed by atoms with Gasteiger partial charge >= 0.3 is 6.09 Å². The van der Waals surface area contributed by atoms with Gasteiger partial charge in [0.05, 0.1) is 40.3 Å². The van der Waals surface area contributed by atoms with Gasteiger partial charge in [0.15, 0.2) is 11.4 Å². The number of benzene rings is 4. The number of Topliss-reactive ketones (excluding diaryl/α,β-unsaturated/α-hetero) is 1. The van der Waals surface area contributed by atoms with Gasteiger partial charge < -0.3 is 14.5 Å². The molecular weight excluding hydrogens is 1030 g/mol. The zero-order valence-corrected chi connectivity index (χ0v) is 46.3. The minimum atomic E-state index is -4.65. The van der Waals surface area contributed by atoms with E-state index in [9.17, 15) is 44.9 Å². The summed E-state index contributed by atoms with van der Waals surface area (Å²) < 4.78 is 94.2. The van der Waals surface area contributed by atoms with Crippen molar-refractivity contribution in [2.75, 3.05) is 36.9 Å². The molecule has 0 aliphatic heterocycles. The number of aromatic nitrogens is 1. The number of fused-ring (bicyclic) bond motifs is 1. The predicted octanol–water partition coefficient (Wildman–Crippen LogP) is 10.6. The van der Waals surface area contributed by atoms with Crippen molar-refractivity contribution in [3.8, 4) is 6.07 Å². The zero-order chi connectivity index (χ0) is 54.9. The van der Waals surface area contributed by atoms with Crippen molar-refractivity contribution in [3.05, 3.63) is 100 Å². The smallest absolute Gasteiger partial charge is 0.415 e. The fourth-order valence-electron chi connectivity index (χ4n) is 8.98. The Morgan fingerprint density at radius 2 is 1.46 bits per heavy atom. The topological polar surface area (TPSA) is 264 Å². The summed E-state index contributed by atoms with van der Waals surface area (Å²) in [6.07, 6.45) is 4.07. The molecule has 1 aliphatic rings. The number of hydrogen-bond acceptors (Lipinski definition) is 13. The Kier molecular flexibility index (Phi) is 16.4. The summed E-state index contributed by atoms with van der Waals surface area (Å²) >= 11 is 6.50. The van der Waals surface area contributed by atoms with Crippen molar-refractivity contribution in [2.24, 2.45) is 10.8 Å². The second-order valence-corrected chi connectivity index (χ2v) is 27.0. The first-order valence-electron chi connectivity index (χ1n) is 23.5. The molecular formula is C52H62ClN7O11S3. The maximum atomic E-state index is 14.5. The molecule has 22 heteroatoms. The number of sulfonamides is 3. The minimum Gasteiger partial charge on any atom is -0.435 e. The number of nitriles is 1. The average molecular weight is 1090 g/mol. The van der Waals surface area contributed by atoms with E-state index >= 15 is 0 Å². The van der Waals surface area contributed by atoms with Gasteiger partial charge in [0, 0.05) is 17.1 Å². The molecule has 0 radical (unpaired) electrons. The van der Waals surface area contributed by atoms with E-state index in [1.165, 1.54) is 17.0 Å². The molecule has 1 aliphatic carbocycles. The number of allylic oxidation sites excluding steroid dienone is 1. The molecule has 1 saturated carbocycles. The summed E-state index contributed by atoms with van der Waals surface area (Å²) in [5.41, 5.74) is 1.98. The fourth-order valence-corrected chi connectivity index (χ4v) is 11.5. The second-order valence-electron chi connectivity index (χ2n) is 21.5. The molecule has 1 heterocycles. The van der Waals surface area contributed by atoms with Gasteiger partial charge in [0.25, 0.3) is 15.9 Å². The van der Waals surface area contributed by atoms with Crippen LogP contribution in [0.4, 0.5) is 33.2 Å². The van der Waals surface area contributed by atoms with E-state index in [1.807, 2.05) is 25.1 Å². The van der Waals surface area contributed by atoms with Crippen LogP contribution in [0.5, 0.6) is 0 Å². The number of amides is 2. The Morgan fingerprint density at radius 1 is 0.838 bits per heavy atom. The zero-order valence-electron chi connectivity index (χ0n) is 43.1. The van der Waals surface area contributed by atoms with Crippen molar-refractivity contribution in [3.63, 3.8) is 0 Å². The highest BCUT2D eigenvalue weighted by molar-refractivity contribution is 7.93. The van der Waals surface area contributed by atoms with E-state index in [4.69, 9.17) is 25.7 Å². The Labute approximate surface area is 438 Å². The number of anilines is 5. The number of aryl methyl sites for hydroxylation is 1. The molecule has 4 N–H and O–H groups in total. The van der Waals surface area contributed by atoms with Gasteiger partial charge in [-0.1, -0.05) is 92.0 Å². The van der Waals surface area contributed by atoms with Crippen molar-refractivity contribution in [1.29, 1.82) is 5.26 Å². The van der Waals surface area contributed by atoms with E-state index in [1.54, 1.807) is 45.0 Å². The SMILES string of the molecule is Cc1cc(N(C(=O)OC(C(=O)Nc2cc(NS(=O)(=O)c3ccc(NS(C)(=O)=O)cc3NS(C)(=O)=O)ccc2Cl)C(=O)C(C)(C)C)C2CCCC2)ccc1C=C(C#N)c1nc2cc(C(C)(C)CC(C)(C)C)ccc2o1. The van der Waals surface area contributed by atoms with Crippen LogP contribution < -0.4 is 24.4 Å². The third-order valence-electron chi connectivity index (χ3n) is 12.0. The van der Waals surface area contributed by atoms with E-state index in [-0.39, 0.29) is 50.4 Å². The van der Waals surface area contributed by atoms with Gasteiger partial charge in [-0.05, 0) is 120 Å². The van der Waals surface area contributed by atoms with Gasteiger partial charge in [0.1, 0.15) is 22.1 Å². The summed E-state index contributed by atoms with van der Waals surface area (Å²) in [5, 5.41) is 12.7. The lowest BCUT2D eigenvalue weighted by atomic mass is 9.72. The van der Waals surface area contributed by atoms with Gasteiger partial charge in [-0.15, -0.1) is 0 Å². The molecule has 396 valence electrons. The standard InChI is InChI=1S/C52H62ClN7O11S3/c1-31-24-38(20-16-32(31)25-33(29-54)48-56-41-26-34(17-22-43(41)70-48)52(8,9)30-50(2,3)4)60(37-14-12-13-15-37)49(63)71-45(46(61)51(5,6)7)47(62)55-40-27-36(18-21-39(40)53)58-74(68,69)44-23-19-35(57-72(10,64)65)28-42(44)59-73(11,66)67/h16-28,37,45,57-59H,12-15,30H2,1-11H3,(H,55,62). The minimum absolute atomic E-state index is 0.0946. The van der Waals surface area contributed by atoms with Crippen LogP contribution >= 0.6 is 11.6 Å². The lowest BCUT2D eigenvalue weighted by Gasteiger charge is -2.32. The van der Waals surface area contributed by atoms with Crippen LogP contribution in [0.2, 0.25) is 5.02 Å². The molecule has 1 unspecified atom stereocenters. The molecule has 1 atom stereocenters. The molecule has 1 aromatic heterocycles. The Bertz CT molecular complexity index is 3440. The van der Waals surface area contributed by atoms with Crippen LogP contribution in [-0.2, 0) is 49.8 Å². The summed E-state index contributed by atoms with van der Waals surface area (Å²) in [7, 11) is -12.6. The van der Waals surface area contributed by atoms with Crippen LogP contribution in [0, 0.1) is 29.1 Å². The first kappa shape index (κ1) is 56.8. The number of halogens is 1. The van der Waals surface area contributed by atoms with Gasteiger partial charge in [0.2, 0.25) is 32.0 Å². The van der Waals surface area contributed by atoms with Crippen LogP contribution in [0.1, 0.15) is 110 Å². The highest BCUT2D eigenvalue weighted by Gasteiger charge is 2.41. The number of ether oxygens (including phenoxy) is 1. The summed E-state index contributed by atoms with van der Waals surface area (Å²) in [6.45, 7) is 17.5. The van der Waals surface area contributed by atoms with Crippen molar-refractivity contribution >= 4 is 111 Å². The Balaban J connectivity index is 1.26. The normalized spacial score (nSPS) is 14.5. The highest BCUT2D eigenvalue weighted by Crippen LogP contribution is 2.39. The van der Waals surface area contributed by atoms with Crippen LogP contribution in [0.3, 0.4) is 0 Å². The average Bonchev–Trinajstić information content (AvgIpc) is 3.94. The van der Waals surface area contributed by atoms with Crippen molar-refractivity contribution in [2.45, 2.75) is 117 Å². The fraction of sp³-hybridized carbons (Fsp3) is 0.404. The number of oxazole rings is 1. The quantitative estimate of drug-likeness (QED) is 0.0499. The number of carbonyl (C=O) groups excluding carboxylic acids is 3. The van der Waals surface area contributed by atoms with Crippen LogP contribution in [-0.4, -0.2) is 72.7 Å². The molecule has 4 aromatic carbocycles. The second kappa shape index (κ2) is 21.4. The summed E-state index contributed by atoms with van der Waals surface area (Å²) in [6, 6.07) is 19.7. The van der Waals surface area contributed by atoms with Crippen molar-refractivity contribution < 1.29 is 48.8 Å². The molecule has 74 heavy (non-hydrogen) atoms. The summed E-state index contributed by atoms with van der Waals surface area (Å²) in [4.78, 5) is 48.3. The number of rotatable bonds is 17. The predicted molar refractivity (Wildman–Crippen MR) is 290 cm³/mol. The van der Waals surface area contributed by atoms with Crippen LogP contribution in [0.15, 0.2) is 82.1 Å². The maximum absolute atomic E-state index is 14.5. The lowest BCUT2D eigenvalue weighted by Crippen LogP contribution is -2.48. The molecule has 5 aromatic rings. The van der Waals surface area contributed by atoms with Crippen molar-refractivity contribution in [1.82, 2.24) is 4.98 Å².